The third-order valence-electron chi connectivity index (χ3n) is 2.53. The molecule has 2 rings (SSSR count). The van der Waals surface area contributed by atoms with E-state index in [0.717, 1.165) is 13.0 Å². The molecule has 1 N–H and O–H groups in total. The van der Waals surface area contributed by atoms with Gasteiger partial charge in [0, 0.05) is 6.42 Å². The molecule has 0 aromatic carbocycles. The SMILES string of the molecule is CNC1COCCC12OCCO2. The van der Waals surface area contributed by atoms with Crippen LogP contribution in [0.2, 0.25) is 0 Å². The summed E-state index contributed by atoms with van der Waals surface area (Å²) in [6, 6.07) is 0.175. The summed E-state index contributed by atoms with van der Waals surface area (Å²) in [5.74, 6) is -0.396. The molecule has 0 saturated carbocycles. The van der Waals surface area contributed by atoms with Gasteiger partial charge < -0.3 is 19.5 Å². The zero-order chi connectivity index (χ0) is 8.44. The first-order valence-electron chi connectivity index (χ1n) is 4.40. The van der Waals surface area contributed by atoms with Gasteiger partial charge in [0.25, 0.3) is 0 Å². The van der Waals surface area contributed by atoms with E-state index < -0.39 is 5.79 Å². The maximum absolute atomic E-state index is 5.62. The van der Waals surface area contributed by atoms with Crippen molar-refractivity contribution in [2.24, 2.45) is 0 Å². The lowest BCUT2D eigenvalue weighted by atomic mass is 10.0. The van der Waals surface area contributed by atoms with Crippen LogP contribution in [0.5, 0.6) is 0 Å². The molecular weight excluding hydrogens is 158 g/mol. The standard InChI is InChI=1S/C8H15NO3/c1-9-7-6-10-3-2-8(7)11-4-5-12-8/h7,9H,2-6H2,1H3. The summed E-state index contributed by atoms with van der Waals surface area (Å²) in [6.07, 6.45) is 0.832. The van der Waals surface area contributed by atoms with Gasteiger partial charge in [-0.2, -0.15) is 0 Å². The van der Waals surface area contributed by atoms with Crippen LogP contribution in [0.25, 0.3) is 0 Å². The Hall–Kier alpha value is -0.160. The molecule has 1 unspecified atom stereocenters. The Balaban J connectivity index is 2.07. The van der Waals surface area contributed by atoms with Gasteiger partial charge in [-0.05, 0) is 7.05 Å². The van der Waals surface area contributed by atoms with Crippen LogP contribution in [0.4, 0.5) is 0 Å². The first-order valence-corrected chi connectivity index (χ1v) is 4.40. The third kappa shape index (κ3) is 1.25. The molecule has 0 aliphatic carbocycles. The first kappa shape index (κ1) is 8.44. The largest absolute Gasteiger partial charge is 0.379 e. The zero-order valence-corrected chi connectivity index (χ0v) is 7.34. The number of hydrogen-bond donors (Lipinski definition) is 1. The minimum Gasteiger partial charge on any atom is -0.379 e. The summed E-state index contributed by atoms with van der Waals surface area (Å²) in [4.78, 5) is 0. The van der Waals surface area contributed by atoms with Crippen molar-refractivity contribution >= 4 is 0 Å². The Morgan fingerprint density at radius 2 is 2.00 bits per heavy atom. The van der Waals surface area contributed by atoms with Crippen LogP contribution in [0.15, 0.2) is 0 Å². The van der Waals surface area contributed by atoms with Crippen LogP contribution < -0.4 is 5.32 Å². The average molecular weight is 173 g/mol. The normalized spacial score (nSPS) is 34.2. The number of likely N-dealkylation sites (N-methyl/N-ethyl adjacent to an activating group) is 1. The Labute approximate surface area is 72.2 Å². The maximum Gasteiger partial charge on any atom is 0.188 e. The minimum absolute atomic E-state index is 0.175. The predicted octanol–water partition coefficient (Wildman–Crippen LogP) is -0.262. The molecule has 4 heteroatoms. The topological polar surface area (TPSA) is 39.7 Å². The molecular formula is C8H15NO3. The summed E-state index contributed by atoms with van der Waals surface area (Å²) in [5, 5.41) is 3.16. The number of hydrogen-bond acceptors (Lipinski definition) is 4. The Morgan fingerprint density at radius 3 is 2.67 bits per heavy atom. The molecule has 2 saturated heterocycles. The Bertz CT molecular complexity index is 156. The summed E-state index contributed by atoms with van der Waals surface area (Å²) in [7, 11) is 1.91. The second-order valence-corrected chi connectivity index (χ2v) is 3.17. The fourth-order valence-corrected chi connectivity index (χ4v) is 1.84. The molecule has 2 fully saturated rings. The van der Waals surface area contributed by atoms with Crippen molar-refractivity contribution in [2.75, 3.05) is 33.5 Å². The summed E-state index contributed by atoms with van der Waals surface area (Å²) >= 11 is 0. The van der Waals surface area contributed by atoms with E-state index in [1.54, 1.807) is 0 Å². The highest BCUT2D eigenvalue weighted by atomic mass is 16.7. The van der Waals surface area contributed by atoms with Gasteiger partial charge in [-0.1, -0.05) is 0 Å². The molecule has 0 amide bonds. The fourth-order valence-electron chi connectivity index (χ4n) is 1.84. The van der Waals surface area contributed by atoms with Crippen LogP contribution in [0.1, 0.15) is 6.42 Å². The first-order chi connectivity index (χ1) is 5.87. The summed E-state index contributed by atoms with van der Waals surface area (Å²) in [5.41, 5.74) is 0. The summed E-state index contributed by atoms with van der Waals surface area (Å²) < 4.78 is 16.6. The van der Waals surface area contributed by atoms with Gasteiger partial charge in [0.05, 0.1) is 32.5 Å². The Kier molecular flexibility index (Phi) is 2.32. The number of nitrogens with one attached hydrogen (secondary N) is 1. The number of rotatable bonds is 1. The second-order valence-electron chi connectivity index (χ2n) is 3.17. The maximum atomic E-state index is 5.62. The van der Waals surface area contributed by atoms with Crippen molar-refractivity contribution in [3.63, 3.8) is 0 Å². The molecule has 0 aromatic heterocycles. The van der Waals surface area contributed by atoms with Crippen LogP contribution in [0, 0.1) is 0 Å². The molecule has 2 aliphatic heterocycles. The van der Waals surface area contributed by atoms with Crippen LogP contribution in [0.3, 0.4) is 0 Å². The lowest BCUT2D eigenvalue weighted by Gasteiger charge is -2.38. The molecule has 2 heterocycles. The van der Waals surface area contributed by atoms with Gasteiger partial charge >= 0.3 is 0 Å². The highest BCUT2D eigenvalue weighted by Gasteiger charge is 2.45. The molecule has 2 aliphatic rings. The van der Waals surface area contributed by atoms with E-state index in [4.69, 9.17) is 14.2 Å². The van der Waals surface area contributed by atoms with Gasteiger partial charge in [-0.15, -0.1) is 0 Å². The molecule has 1 spiro atoms. The van der Waals surface area contributed by atoms with Gasteiger partial charge in [0.15, 0.2) is 5.79 Å². The van der Waals surface area contributed by atoms with E-state index in [9.17, 15) is 0 Å². The van der Waals surface area contributed by atoms with E-state index in [-0.39, 0.29) is 6.04 Å². The highest BCUT2D eigenvalue weighted by molar-refractivity contribution is 4.90. The van der Waals surface area contributed by atoms with Crippen molar-refractivity contribution in [1.29, 1.82) is 0 Å². The van der Waals surface area contributed by atoms with Crippen LogP contribution in [-0.2, 0) is 14.2 Å². The van der Waals surface area contributed by atoms with E-state index in [1.807, 2.05) is 7.05 Å². The van der Waals surface area contributed by atoms with Gasteiger partial charge in [-0.3, -0.25) is 0 Å². The van der Waals surface area contributed by atoms with Gasteiger partial charge in [-0.25, -0.2) is 0 Å². The zero-order valence-electron chi connectivity index (χ0n) is 7.34. The predicted molar refractivity (Wildman–Crippen MR) is 42.9 cm³/mol. The van der Waals surface area contributed by atoms with Gasteiger partial charge in [0.2, 0.25) is 0 Å². The quantitative estimate of drug-likeness (QED) is 0.593. The number of ether oxygens (including phenoxy) is 3. The van der Waals surface area contributed by atoms with Crippen LogP contribution in [-0.4, -0.2) is 45.3 Å². The van der Waals surface area contributed by atoms with E-state index in [0.29, 0.717) is 19.8 Å². The van der Waals surface area contributed by atoms with Crippen LogP contribution >= 0.6 is 0 Å². The van der Waals surface area contributed by atoms with Crippen molar-refractivity contribution in [3.8, 4) is 0 Å². The molecule has 0 radical (unpaired) electrons. The van der Waals surface area contributed by atoms with Crippen molar-refractivity contribution in [3.05, 3.63) is 0 Å². The Morgan fingerprint density at radius 1 is 1.25 bits per heavy atom. The monoisotopic (exact) mass is 173 g/mol. The second kappa shape index (κ2) is 3.30. The lowest BCUT2D eigenvalue weighted by Crippen LogP contribution is -2.56. The molecule has 1 atom stereocenters. The van der Waals surface area contributed by atoms with Crippen molar-refractivity contribution in [1.82, 2.24) is 5.32 Å². The van der Waals surface area contributed by atoms with Crippen molar-refractivity contribution in [2.45, 2.75) is 18.2 Å². The fraction of sp³-hybridized carbons (Fsp3) is 1.00. The van der Waals surface area contributed by atoms with E-state index in [1.165, 1.54) is 0 Å². The average Bonchev–Trinajstić information content (AvgIpc) is 2.55. The van der Waals surface area contributed by atoms with Crippen molar-refractivity contribution < 1.29 is 14.2 Å². The molecule has 4 nitrogen and oxygen atoms in total. The third-order valence-corrected chi connectivity index (χ3v) is 2.53. The van der Waals surface area contributed by atoms with Gasteiger partial charge in [0.1, 0.15) is 0 Å². The molecule has 0 aromatic rings. The van der Waals surface area contributed by atoms with E-state index in [2.05, 4.69) is 5.32 Å². The minimum atomic E-state index is -0.396. The molecule has 0 bridgehead atoms. The molecule has 70 valence electrons. The molecule has 12 heavy (non-hydrogen) atoms. The smallest absolute Gasteiger partial charge is 0.188 e. The lowest BCUT2D eigenvalue weighted by molar-refractivity contribution is -0.220. The van der Waals surface area contributed by atoms with E-state index >= 15 is 0 Å². The highest BCUT2D eigenvalue weighted by Crippen LogP contribution is 2.30. The summed E-state index contributed by atoms with van der Waals surface area (Å²) in [6.45, 7) is 2.82.